The molecule has 3 aromatic heterocycles. The smallest absolute Gasteiger partial charge is 0.323 e. The van der Waals surface area contributed by atoms with Crippen molar-refractivity contribution in [3.63, 3.8) is 0 Å². The molecule has 0 aliphatic carbocycles. The number of amides is 2. The van der Waals surface area contributed by atoms with E-state index in [9.17, 15) is 45.7 Å². The number of nitrogens with zero attached hydrogens (tertiary/aromatic N) is 4. The highest BCUT2D eigenvalue weighted by Gasteiger charge is 2.29. The van der Waals surface area contributed by atoms with Crippen LogP contribution >= 0.6 is 0 Å². The number of aromatic nitrogens is 4. The third-order valence-corrected chi connectivity index (χ3v) is 12.5. The highest BCUT2D eigenvalue weighted by Crippen LogP contribution is 2.22. The highest BCUT2D eigenvalue weighted by atomic mass is 32.2. The molecule has 64 heavy (non-hydrogen) atoms. The van der Waals surface area contributed by atoms with Crippen molar-refractivity contribution in [2.45, 2.75) is 56.1 Å². The number of fused-ring (bicyclic) bond motifs is 1. The van der Waals surface area contributed by atoms with E-state index in [1.807, 2.05) is 0 Å². The fourth-order valence-corrected chi connectivity index (χ4v) is 9.20. The van der Waals surface area contributed by atoms with Crippen molar-refractivity contribution >= 4 is 66.8 Å². The Balaban J connectivity index is 1.14. The molecule has 22 heteroatoms. The Morgan fingerprint density at radius 3 is 2.36 bits per heavy atom. The normalized spacial score (nSPS) is 12.2. The molecule has 334 valence electrons. The average molecular weight is 913 g/mol. The van der Waals surface area contributed by atoms with Gasteiger partial charge in [0, 0.05) is 61.9 Å². The van der Waals surface area contributed by atoms with Gasteiger partial charge in [0.15, 0.2) is 5.95 Å². The number of hydrogen-bond donors (Lipinski definition) is 8. The molecule has 6 rings (SSSR count). The maximum absolute atomic E-state index is 13.8. The SMILES string of the molecule is Cc1cc(C)c(S(=O)(=O)N[C@H](CNC(=O)c2cn(CCCNC(=O)c3ccc(N/N=C/c4ccccc4S(=O)(=O)O)nc3)c3cc(CNc4ncc[nH]4)ccc3c2=O)C(=O)O)c(C)c1. The molecule has 0 saturated heterocycles. The summed E-state index contributed by atoms with van der Waals surface area (Å²) in [5.74, 6) is -2.15. The zero-order valence-electron chi connectivity index (χ0n) is 34.6. The van der Waals surface area contributed by atoms with Gasteiger partial charge in [-0.25, -0.2) is 18.4 Å². The number of imidazole rings is 1. The molecule has 0 unspecified atom stereocenters. The van der Waals surface area contributed by atoms with Gasteiger partial charge in [-0.1, -0.05) is 42.0 Å². The lowest BCUT2D eigenvalue weighted by molar-refractivity contribution is -0.138. The first-order valence-electron chi connectivity index (χ1n) is 19.5. The topological polar surface area (TPSA) is 296 Å². The molecule has 3 heterocycles. The van der Waals surface area contributed by atoms with Crippen molar-refractivity contribution in [1.29, 1.82) is 0 Å². The van der Waals surface area contributed by atoms with Crippen LogP contribution in [0.2, 0.25) is 0 Å². The van der Waals surface area contributed by atoms with Gasteiger partial charge >= 0.3 is 5.97 Å². The minimum atomic E-state index is -4.47. The van der Waals surface area contributed by atoms with Gasteiger partial charge in [0.25, 0.3) is 21.9 Å². The lowest BCUT2D eigenvalue weighted by atomic mass is 10.1. The average Bonchev–Trinajstić information content (AvgIpc) is 3.77. The van der Waals surface area contributed by atoms with Crippen molar-refractivity contribution in [3.8, 4) is 0 Å². The summed E-state index contributed by atoms with van der Waals surface area (Å²) in [5.41, 5.74) is 4.95. The second kappa shape index (κ2) is 19.8. The van der Waals surface area contributed by atoms with Crippen molar-refractivity contribution in [2.75, 3.05) is 23.8 Å². The number of rotatable bonds is 19. The predicted molar refractivity (Wildman–Crippen MR) is 238 cm³/mol. The number of benzene rings is 3. The summed E-state index contributed by atoms with van der Waals surface area (Å²) >= 11 is 0. The predicted octanol–water partition coefficient (Wildman–Crippen LogP) is 3.33. The van der Waals surface area contributed by atoms with Crippen LogP contribution in [-0.4, -0.2) is 89.1 Å². The van der Waals surface area contributed by atoms with Crippen LogP contribution in [0.4, 0.5) is 11.8 Å². The number of aromatic amines is 1. The van der Waals surface area contributed by atoms with Gasteiger partial charge in [0.2, 0.25) is 15.5 Å². The Bertz CT molecular complexity index is 3010. The molecule has 0 aliphatic heterocycles. The number of carbonyl (C=O) groups is 3. The van der Waals surface area contributed by atoms with E-state index < -0.39 is 55.9 Å². The van der Waals surface area contributed by atoms with Gasteiger partial charge in [0.05, 0.1) is 22.2 Å². The molecule has 0 fully saturated rings. The molecular weight excluding hydrogens is 869 g/mol. The fourth-order valence-electron chi connectivity index (χ4n) is 6.88. The molecule has 20 nitrogen and oxygen atoms in total. The number of carboxylic acid groups (broad SMARTS) is 1. The molecule has 0 bridgehead atoms. The number of pyridine rings is 2. The Hall–Kier alpha value is -7.27. The summed E-state index contributed by atoms with van der Waals surface area (Å²) < 4.78 is 63.3. The van der Waals surface area contributed by atoms with E-state index in [0.29, 0.717) is 35.6 Å². The summed E-state index contributed by atoms with van der Waals surface area (Å²) in [6, 6.07) is 15.3. The maximum atomic E-state index is 13.8. The molecule has 2 amide bonds. The second-order valence-electron chi connectivity index (χ2n) is 14.6. The third kappa shape index (κ3) is 11.4. The Morgan fingerprint density at radius 2 is 1.69 bits per heavy atom. The van der Waals surface area contributed by atoms with Crippen LogP contribution in [0.1, 0.15) is 55.0 Å². The zero-order valence-corrected chi connectivity index (χ0v) is 36.2. The second-order valence-corrected chi connectivity index (χ2v) is 17.6. The maximum Gasteiger partial charge on any atom is 0.323 e. The Kier molecular flexibility index (Phi) is 14.3. The van der Waals surface area contributed by atoms with Crippen LogP contribution in [0.15, 0.2) is 111 Å². The van der Waals surface area contributed by atoms with Gasteiger partial charge in [-0.15, -0.1) is 0 Å². The van der Waals surface area contributed by atoms with Crippen LogP contribution in [0.25, 0.3) is 10.9 Å². The third-order valence-electron chi connectivity index (χ3n) is 9.75. The van der Waals surface area contributed by atoms with Crippen molar-refractivity contribution in [1.82, 2.24) is 34.9 Å². The number of sulfonamides is 1. The summed E-state index contributed by atoms with van der Waals surface area (Å²) in [6.45, 7) is 5.02. The fraction of sp³-hybridized carbons (Fsp3) is 0.214. The van der Waals surface area contributed by atoms with Crippen LogP contribution in [0, 0.1) is 20.8 Å². The first-order valence-corrected chi connectivity index (χ1v) is 22.4. The molecule has 0 radical (unpaired) electrons. The molecule has 6 aromatic rings. The largest absolute Gasteiger partial charge is 0.480 e. The van der Waals surface area contributed by atoms with Crippen LogP contribution in [0.3, 0.4) is 0 Å². The lowest BCUT2D eigenvalue weighted by Gasteiger charge is -2.19. The van der Waals surface area contributed by atoms with Crippen molar-refractivity contribution in [2.24, 2.45) is 5.10 Å². The number of hydrogen-bond acceptors (Lipinski definition) is 13. The van der Waals surface area contributed by atoms with E-state index in [0.717, 1.165) is 11.1 Å². The number of anilines is 2. The minimum absolute atomic E-state index is 0.0711. The molecule has 0 spiro atoms. The van der Waals surface area contributed by atoms with Crippen LogP contribution < -0.4 is 31.5 Å². The molecule has 3 aromatic carbocycles. The van der Waals surface area contributed by atoms with E-state index in [1.54, 1.807) is 74.1 Å². The number of hydrazone groups is 1. The van der Waals surface area contributed by atoms with E-state index in [4.69, 9.17) is 0 Å². The number of H-pyrrole nitrogens is 1. The van der Waals surface area contributed by atoms with Gasteiger partial charge in [-0.3, -0.25) is 29.2 Å². The van der Waals surface area contributed by atoms with Crippen LogP contribution in [-0.2, 0) is 38.0 Å². The van der Waals surface area contributed by atoms with E-state index in [-0.39, 0.29) is 50.8 Å². The standard InChI is InChI=1S/C42H44N10O10S2/c1-25-17-26(2)38(27(3)18-25)63(58,59)51-33(41(56)57)23-47-40(55)32-24-52(34-19-28(9-11-31(34)37(32)53)20-48-42-44-14-15-45-42)16-6-13-43-39(54)30-10-12-36(46-21-30)50-49-22-29-7-4-5-8-35(29)64(60,61)62/h4-5,7-12,14-15,17-19,21-22,24,33,51H,6,13,16,20,23H2,1-3H3,(H,43,54)(H,46,50)(H,47,55)(H,56,57)(H2,44,45,48)(H,60,61,62)/b49-22+/t33-/m1/s1. The number of carboxylic acids is 1. The quantitative estimate of drug-likeness (QED) is 0.0250. The van der Waals surface area contributed by atoms with E-state index in [1.165, 1.54) is 48.9 Å². The van der Waals surface area contributed by atoms with Crippen LogP contribution in [0.5, 0.6) is 0 Å². The van der Waals surface area contributed by atoms with E-state index >= 15 is 0 Å². The van der Waals surface area contributed by atoms with Crippen molar-refractivity contribution < 1.29 is 40.9 Å². The number of nitrogens with one attached hydrogen (secondary N) is 6. The van der Waals surface area contributed by atoms with Gasteiger partial charge < -0.3 is 30.6 Å². The van der Waals surface area contributed by atoms with Crippen molar-refractivity contribution in [3.05, 3.63) is 141 Å². The molecule has 0 aliphatic rings. The lowest BCUT2D eigenvalue weighted by Crippen LogP contribution is -2.49. The minimum Gasteiger partial charge on any atom is -0.480 e. The highest BCUT2D eigenvalue weighted by molar-refractivity contribution is 7.89. The molecule has 0 saturated carbocycles. The summed E-state index contributed by atoms with van der Waals surface area (Å²) in [6.07, 6.45) is 7.41. The summed E-state index contributed by atoms with van der Waals surface area (Å²) in [5, 5.41) is 22.5. The number of aliphatic carboxylic acids is 1. The van der Waals surface area contributed by atoms with Gasteiger partial charge in [-0.2, -0.15) is 18.2 Å². The Labute approximate surface area is 367 Å². The van der Waals surface area contributed by atoms with Gasteiger partial charge in [0.1, 0.15) is 22.3 Å². The van der Waals surface area contributed by atoms with Gasteiger partial charge in [-0.05, 0) is 74.2 Å². The monoisotopic (exact) mass is 912 g/mol. The summed E-state index contributed by atoms with van der Waals surface area (Å²) in [7, 11) is -8.81. The number of aryl methyl sites for hydroxylation is 4. The summed E-state index contributed by atoms with van der Waals surface area (Å²) in [4.78, 5) is 63.6. The first-order chi connectivity index (χ1) is 30.4. The molecule has 8 N–H and O–H groups in total. The molecular formula is C42H44N10O10S2. The van der Waals surface area contributed by atoms with E-state index in [2.05, 4.69) is 46.2 Å². The number of carbonyl (C=O) groups excluding carboxylic acids is 2. The Morgan fingerprint density at radius 1 is 0.938 bits per heavy atom. The zero-order chi connectivity index (χ0) is 46.2. The first kappa shape index (κ1) is 46.2. The molecule has 1 atom stereocenters.